The molecule has 15 heavy (non-hydrogen) atoms. The van der Waals surface area contributed by atoms with Crippen LogP contribution in [-0.2, 0) is 4.79 Å². The highest BCUT2D eigenvalue weighted by Crippen LogP contribution is 2.24. The molecule has 0 spiro atoms. The number of likely N-dealkylation sites (tertiary alicyclic amines) is 1. The molecule has 1 heterocycles. The minimum absolute atomic E-state index is 0.0861. The lowest BCUT2D eigenvalue weighted by molar-refractivity contribution is -0.161. The zero-order valence-electron chi connectivity index (χ0n) is 7.88. The van der Waals surface area contributed by atoms with Gasteiger partial charge in [-0.2, -0.15) is 13.2 Å². The molecule has 1 saturated heterocycles. The lowest BCUT2D eigenvalue weighted by Crippen LogP contribution is -2.44. The maximum absolute atomic E-state index is 12.0. The van der Waals surface area contributed by atoms with Crippen molar-refractivity contribution in [3.05, 3.63) is 0 Å². The average Bonchev–Trinajstić information content (AvgIpc) is 2.47. The topological polar surface area (TPSA) is 46.3 Å². The number of halogens is 3. The first-order valence-electron chi connectivity index (χ1n) is 4.47. The summed E-state index contributed by atoms with van der Waals surface area (Å²) in [5.41, 5.74) is 5.35. The summed E-state index contributed by atoms with van der Waals surface area (Å²) in [5.74, 6) is -0.946. The summed E-state index contributed by atoms with van der Waals surface area (Å²) >= 11 is 4.70. The molecule has 7 heteroatoms. The quantitative estimate of drug-likeness (QED) is 0.738. The molecule has 1 rings (SSSR count). The molecule has 0 radical (unpaired) electrons. The molecule has 0 saturated carbocycles. The Morgan fingerprint density at radius 2 is 2.13 bits per heavy atom. The van der Waals surface area contributed by atoms with Gasteiger partial charge in [0.05, 0.1) is 11.0 Å². The first kappa shape index (κ1) is 12.2. The predicted octanol–water partition coefficient (Wildman–Crippen LogP) is 1.22. The molecule has 1 atom stereocenters. The fourth-order valence-electron chi connectivity index (χ4n) is 1.63. The van der Waals surface area contributed by atoms with Crippen LogP contribution < -0.4 is 5.73 Å². The van der Waals surface area contributed by atoms with E-state index in [2.05, 4.69) is 0 Å². The van der Waals surface area contributed by atoms with Gasteiger partial charge in [-0.3, -0.25) is 4.79 Å². The second-order valence-electron chi connectivity index (χ2n) is 3.44. The van der Waals surface area contributed by atoms with Gasteiger partial charge in [0, 0.05) is 6.54 Å². The van der Waals surface area contributed by atoms with E-state index in [9.17, 15) is 18.0 Å². The molecule has 0 bridgehead atoms. The van der Waals surface area contributed by atoms with Crippen LogP contribution in [0.1, 0.15) is 19.3 Å². The van der Waals surface area contributed by atoms with E-state index < -0.39 is 24.5 Å². The number of thiocarbonyl (C=S) groups is 1. The van der Waals surface area contributed by atoms with E-state index in [1.165, 1.54) is 0 Å². The maximum atomic E-state index is 12.0. The molecule has 0 aliphatic carbocycles. The number of alkyl halides is 3. The molecular formula is C8H11F3N2OS. The molecule has 0 aromatic heterocycles. The van der Waals surface area contributed by atoms with E-state index in [1.54, 1.807) is 0 Å². The molecule has 86 valence electrons. The first-order valence-corrected chi connectivity index (χ1v) is 4.87. The largest absolute Gasteiger partial charge is 0.397 e. The van der Waals surface area contributed by atoms with Crippen LogP contribution in [0.15, 0.2) is 0 Å². The number of carbonyl (C=O) groups excluding carboxylic acids is 1. The van der Waals surface area contributed by atoms with Gasteiger partial charge in [-0.1, -0.05) is 12.2 Å². The van der Waals surface area contributed by atoms with Crippen LogP contribution in [0.4, 0.5) is 13.2 Å². The smallest absolute Gasteiger partial charge is 0.392 e. The van der Waals surface area contributed by atoms with Crippen molar-refractivity contribution in [1.29, 1.82) is 0 Å². The van der Waals surface area contributed by atoms with Gasteiger partial charge in [0.2, 0.25) is 5.91 Å². The average molecular weight is 240 g/mol. The SMILES string of the molecule is NC(=S)C1CCCN1C(=O)CC(F)(F)F. The van der Waals surface area contributed by atoms with E-state index in [0.717, 1.165) is 4.90 Å². The number of hydrogen-bond acceptors (Lipinski definition) is 2. The van der Waals surface area contributed by atoms with Crippen molar-refractivity contribution in [2.75, 3.05) is 6.54 Å². The molecule has 1 amide bonds. The Balaban J connectivity index is 2.63. The highest BCUT2D eigenvalue weighted by Gasteiger charge is 2.38. The van der Waals surface area contributed by atoms with E-state index >= 15 is 0 Å². The molecule has 2 N–H and O–H groups in total. The Labute approximate surface area is 90.4 Å². The Morgan fingerprint density at radius 3 is 2.60 bits per heavy atom. The fraction of sp³-hybridized carbons (Fsp3) is 0.750. The summed E-state index contributed by atoms with van der Waals surface area (Å²) in [6.07, 6.45) is -4.71. The highest BCUT2D eigenvalue weighted by atomic mass is 32.1. The molecule has 3 nitrogen and oxygen atoms in total. The zero-order valence-corrected chi connectivity index (χ0v) is 8.70. The van der Waals surface area contributed by atoms with Crippen molar-refractivity contribution in [3.63, 3.8) is 0 Å². The molecule has 1 unspecified atom stereocenters. The van der Waals surface area contributed by atoms with Crippen LogP contribution in [-0.4, -0.2) is 34.6 Å². The number of amides is 1. The van der Waals surface area contributed by atoms with Gasteiger partial charge in [-0.25, -0.2) is 0 Å². The van der Waals surface area contributed by atoms with Crippen LogP contribution in [0.3, 0.4) is 0 Å². The maximum Gasteiger partial charge on any atom is 0.397 e. The van der Waals surface area contributed by atoms with Gasteiger partial charge in [-0.05, 0) is 12.8 Å². The van der Waals surface area contributed by atoms with Crippen molar-refractivity contribution in [2.24, 2.45) is 5.73 Å². The van der Waals surface area contributed by atoms with Crippen LogP contribution in [0.25, 0.3) is 0 Å². The number of nitrogens with two attached hydrogens (primary N) is 1. The molecule has 0 aromatic carbocycles. The van der Waals surface area contributed by atoms with E-state index in [4.69, 9.17) is 18.0 Å². The van der Waals surface area contributed by atoms with Crippen LogP contribution in [0.5, 0.6) is 0 Å². The van der Waals surface area contributed by atoms with Crippen LogP contribution in [0, 0.1) is 0 Å². The molecule has 1 fully saturated rings. The van der Waals surface area contributed by atoms with Crippen molar-refractivity contribution < 1.29 is 18.0 Å². The minimum Gasteiger partial charge on any atom is -0.392 e. The summed E-state index contributed by atoms with van der Waals surface area (Å²) in [7, 11) is 0. The summed E-state index contributed by atoms with van der Waals surface area (Å²) in [5, 5.41) is 0. The van der Waals surface area contributed by atoms with E-state index in [0.29, 0.717) is 19.4 Å². The summed E-state index contributed by atoms with van der Waals surface area (Å²) in [6.45, 7) is 0.302. The van der Waals surface area contributed by atoms with Crippen molar-refractivity contribution >= 4 is 23.1 Å². The second kappa shape index (κ2) is 4.34. The number of nitrogens with zero attached hydrogens (tertiary/aromatic N) is 1. The third-order valence-electron chi connectivity index (χ3n) is 2.25. The summed E-state index contributed by atoms with van der Waals surface area (Å²) in [6, 6.07) is -0.505. The Kier molecular flexibility index (Phi) is 3.54. The van der Waals surface area contributed by atoms with Gasteiger partial charge in [0.15, 0.2) is 0 Å². The molecule has 1 aliphatic heterocycles. The van der Waals surface area contributed by atoms with Gasteiger partial charge in [-0.15, -0.1) is 0 Å². The van der Waals surface area contributed by atoms with E-state index in [1.807, 2.05) is 0 Å². The standard InChI is InChI=1S/C8H11F3N2OS/c9-8(10,11)4-6(14)13-3-1-2-5(13)7(12)15/h5H,1-4H2,(H2,12,15). The number of hydrogen-bond donors (Lipinski definition) is 1. The molecule has 0 aromatic rings. The normalized spacial score (nSPS) is 21.8. The number of rotatable bonds is 2. The van der Waals surface area contributed by atoms with Gasteiger partial charge < -0.3 is 10.6 Å². The highest BCUT2D eigenvalue weighted by molar-refractivity contribution is 7.80. The fourth-order valence-corrected chi connectivity index (χ4v) is 1.88. The van der Waals surface area contributed by atoms with Crippen LogP contribution >= 0.6 is 12.2 Å². The Morgan fingerprint density at radius 1 is 1.53 bits per heavy atom. The monoisotopic (exact) mass is 240 g/mol. The summed E-state index contributed by atoms with van der Waals surface area (Å²) in [4.78, 5) is 12.5. The lowest BCUT2D eigenvalue weighted by atomic mass is 10.2. The van der Waals surface area contributed by atoms with Gasteiger partial charge >= 0.3 is 6.18 Å². The number of carbonyl (C=O) groups is 1. The zero-order chi connectivity index (χ0) is 11.6. The minimum atomic E-state index is -4.47. The molecular weight excluding hydrogens is 229 g/mol. The predicted molar refractivity (Wildman–Crippen MR) is 52.2 cm³/mol. The summed E-state index contributed by atoms with van der Waals surface area (Å²) < 4.78 is 35.9. The Hall–Kier alpha value is -0.850. The lowest BCUT2D eigenvalue weighted by Gasteiger charge is -2.24. The first-order chi connectivity index (χ1) is 6.81. The Bertz CT molecular complexity index is 280. The van der Waals surface area contributed by atoms with E-state index in [-0.39, 0.29) is 4.99 Å². The van der Waals surface area contributed by atoms with Gasteiger partial charge in [0.1, 0.15) is 6.42 Å². The van der Waals surface area contributed by atoms with Gasteiger partial charge in [0.25, 0.3) is 0 Å². The van der Waals surface area contributed by atoms with Crippen molar-refractivity contribution in [2.45, 2.75) is 31.5 Å². The third kappa shape index (κ3) is 3.33. The van der Waals surface area contributed by atoms with Crippen molar-refractivity contribution in [3.8, 4) is 0 Å². The van der Waals surface area contributed by atoms with Crippen molar-refractivity contribution in [1.82, 2.24) is 4.90 Å². The van der Waals surface area contributed by atoms with Crippen LogP contribution in [0.2, 0.25) is 0 Å². The second-order valence-corrected chi connectivity index (χ2v) is 3.91. The molecule has 1 aliphatic rings. The third-order valence-corrected chi connectivity index (χ3v) is 2.53.